The molecule has 6 amide bonds. The molecule has 6 atom stereocenters. The van der Waals surface area contributed by atoms with Gasteiger partial charge >= 0.3 is 0 Å². The summed E-state index contributed by atoms with van der Waals surface area (Å²) in [5, 5.41) is 20.3. The van der Waals surface area contributed by atoms with Crippen molar-refractivity contribution in [1.82, 2.24) is 51.0 Å². The second-order valence-electron chi connectivity index (χ2n) is 20.9. The molecule has 424 valence electrons. The number of oxazole rings is 2. The maximum Gasteiger partial charge on any atom is 0.255 e. The van der Waals surface area contributed by atoms with E-state index in [1.165, 1.54) is 35.2 Å². The Kier molecular flexibility index (Phi) is 19.7. The van der Waals surface area contributed by atoms with Crippen LogP contribution in [-0.4, -0.2) is 129 Å². The summed E-state index contributed by atoms with van der Waals surface area (Å²) in [7, 11) is 3.44. The maximum atomic E-state index is 14.0. The van der Waals surface area contributed by atoms with Gasteiger partial charge in [0.15, 0.2) is 10.0 Å². The first kappa shape index (κ1) is 57.5. The molecule has 2 aromatic carbocycles. The molecule has 10 rings (SSSR count). The minimum absolute atomic E-state index is 0.0631. The molecule has 4 aliphatic rings. The number of nitrogens with one attached hydrogen (secondary N) is 6. The average molecular weight is 1130 g/mol. The summed E-state index contributed by atoms with van der Waals surface area (Å²) < 4.78 is 10.9. The third kappa shape index (κ3) is 13.7. The van der Waals surface area contributed by atoms with E-state index in [0.717, 1.165) is 88.2 Å². The summed E-state index contributed by atoms with van der Waals surface area (Å²) in [4.78, 5) is 102. The van der Waals surface area contributed by atoms with E-state index in [2.05, 4.69) is 41.9 Å². The lowest BCUT2D eigenvalue weighted by molar-refractivity contribution is -0.142. The van der Waals surface area contributed by atoms with Crippen LogP contribution in [0.1, 0.15) is 104 Å². The number of likely N-dealkylation sites (tertiary alicyclic amines) is 2. The quantitative estimate of drug-likeness (QED) is 0.0475. The molecule has 20 nitrogen and oxygen atoms in total. The van der Waals surface area contributed by atoms with Crippen molar-refractivity contribution in [2.75, 3.05) is 37.8 Å². The predicted octanol–water partition coefficient (Wildman–Crippen LogP) is 8.14. The van der Waals surface area contributed by atoms with Gasteiger partial charge in [0.25, 0.3) is 11.8 Å². The van der Waals surface area contributed by atoms with Crippen molar-refractivity contribution in [1.29, 1.82) is 0 Å². The van der Waals surface area contributed by atoms with Crippen molar-refractivity contribution in [3.8, 4) is 44.3 Å². The van der Waals surface area contributed by atoms with Crippen LogP contribution < -0.4 is 31.9 Å². The second-order valence-corrected chi connectivity index (χ2v) is 22.9. The number of amides is 6. The number of hydrogen-bond donors (Lipinski definition) is 6. The number of carbonyl (C=O) groups excluding carboxylic acids is 6. The van der Waals surface area contributed by atoms with Gasteiger partial charge in [-0.25, -0.2) is 19.9 Å². The number of thiazole rings is 2. The Hall–Kier alpha value is -7.14. The molecule has 80 heavy (non-hydrogen) atoms. The van der Waals surface area contributed by atoms with E-state index < -0.39 is 36.3 Å². The molecular formula is C58H72N12O8S2. The lowest BCUT2D eigenvalue weighted by Crippen LogP contribution is -2.57. The highest BCUT2D eigenvalue weighted by molar-refractivity contribution is 7.20. The Morgan fingerprint density at radius 3 is 1.27 bits per heavy atom. The Bertz CT molecular complexity index is 2810. The number of aromatic nitrogens is 4. The van der Waals surface area contributed by atoms with E-state index in [1.54, 1.807) is 50.1 Å². The molecule has 22 heteroatoms. The standard InChI is InChI=1S/2C29H36N6O4S/c2*1-18(30-2)24(36)32-23(20-12-7-4-8-13-20)29(38)35-16-9-14-21(35)25(37)34-27-22(19-10-5-3-6-11-19)33-28(40-27)26-31-15-17-39-26/h2*3,5-6,10-11,15,17-18,20-21,23,30H,4,7-9,12-14,16H2,1-2H3,(H,32,36)(H,34,37)/t2*18-,21-,23-/m00/s1. The monoisotopic (exact) mass is 1130 g/mol. The predicted molar refractivity (Wildman–Crippen MR) is 307 cm³/mol. The van der Waals surface area contributed by atoms with Crippen molar-refractivity contribution in [2.24, 2.45) is 11.8 Å². The van der Waals surface area contributed by atoms with Crippen LogP contribution in [0.25, 0.3) is 44.3 Å². The highest BCUT2D eigenvalue weighted by Crippen LogP contribution is 2.40. The van der Waals surface area contributed by atoms with Crippen molar-refractivity contribution >= 4 is 68.1 Å². The van der Waals surface area contributed by atoms with Crippen LogP contribution in [-0.2, 0) is 28.8 Å². The molecule has 2 aliphatic carbocycles. The number of likely N-dealkylation sites (N-methyl/N-ethyl adjacent to an activating group) is 2. The molecule has 0 bridgehead atoms. The molecule has 6 N–H and O–H groups in total. The minimum Gasteiger partial charge on any atom is -0.443 e. The lowest BCUT2D eigenvalue weighted by atomic mass is 9.83. The minimum atomic E-state index is -0.642. The molecule has 6 heterocycles. The first-order valence-corrected chi connectivity index (χ1v) is 29.7. The second kappa shape index (κ2) is 27.3. The molecule has 4 aromatic heterocycles. The Labute approximate surface area is 474 Å². The van der Waals surface area contributed by atoms with Gasteiger partial charge in [-0.05, 0) is 91.1 Å². The summed E-state index contributed by atoms with van der Waals surface area (Å²) in [6.45, 7) is 4.51. The van der Waals surface area contributed by atoms with Gasteiger partial charge in [-0.15, -0.1) is 0 Å². The number of anilines is 2. The van der Waals surface area contributed by atoms with E-state index >= 15 is 0 Å². The molecule has 6 aromatic rings. The van der Waals surface area contributed by atoms with Crippen LogP contribution in [0.15, 0.2) is 94.4 Å². The van der Waals surface area contributed by atoms with Crippen molar-refractivity contribution in [2.45, 2.75) is 140 Å². The molecule has 0 unspecified atom stereocenters. The first-order valence-electron chi connectivity index (χ1n) is 28.0. The van der Waals surface area contributed by atoms with Gasteiger partial charge < -0.3 is 50.5 Å². The fraction of sp³-hybridized carbons (Fsp3) is 0.483. The van der Waals surface area contributed by atoms with Crippen molar-refractivity contribution in [3.05, 3.63) is 85.6 Å². The van der Waals surface area contributed by atoms with Crippen LogP contribution in [0.5, 0.6) is 0 Å². The van der Waals surface area contributed by atoms with Gasteiger partial charge in [0, 0.05) is 24.2 Å². The highest BCUT2D eigenvalue weighted by atomic mass is 32.1. The maximum absolute atomic E-state index is 14.0. The van der Waals surface area contributed by atoms with Gasteiger partial charge in [-0.3, -0.25) is 28.8 Å². The summed E-state index contributed by atoms with van der Waals surface area (Å²) in [5.74, 6) is -0.397. The van der Waals surface area contributed by atoms with Crippen LogP contribution in [0.3, 0.4) is 0 Å². The molecule has 0 spiro atoms. The SMILES string of the molecule is CN[C@@H](C)C(=O)N[C@H](C(=O)N1CCC[C@H]1C(=O)Nc1sc(-c2ncco2)nc1-c1ccccc1)C1CCCCC1.CN[C@@H](C)C(=O)N[C@H](C(=O)N1CCC[C@H]1C(=O)Nc1sc(-c2ncco2)nc1-c1ccccc1)C1CCCCC1. The lowest BCUT2D eigenvalue weighted by Gasteiger charge is -2.35. The third-order valence-corrected chi connectivity index (χ3v) is 17.7. The third-order valence-electron chi connectivity index (χ3n) is 15.8. The first-order chi connectivity index (χ1) is 38.9. The van der Waals surface area contributed by atoms with Crippen LogP contribution in [0.4, 0.5) is 10.0 Å². The zero-order valence-corrected chi connectivity index (χ0v) is 47.4. The van der Waals surface area contributed by atoms with E-state index in [1.807, 2.05) is 60.7 Å². The van der Waals surface area contributed by atoms with Crippen LogP contribution in [0, 0.1) is 11.8 Å². The Morgan fingerprint density at radius 2 is 0.925 bits per heavy atom. The zero-order valence-electron chi connectivity index (χ0n) is 45.8. The van der Waals surface area contributed by atoms with E-state index in [-0.39, 0.29) is 47.3 Å². The van der Waals surface area contributed by atoms with Crippen LogP contribution >= 0.6 is 22.7 Å². The fourth-order valence-electron chi connectivity index (χ4n) is 11.1. The fourth-order valence-corrected chi connectivity index (χ4v) is 13.0. The van der Waals surface area contributed by atoms with Gasteiger partial charge in [0.05, 0.1) is 24.5 Å². The van der Waals surface area contributed by atoms with Gasteiger partial charge in [0.1, 0.15) is 58.1 Å². The molecule has 0 radical (unpaired) electrons. The highest BCUT2D eigenvalue weighted by Gasteiger charge is 2.43. The molecule has 2 saturated heterocycles. The summed E-state index contributed by atoms with van der Waals surface area (Å²) in [6.07, 6.45) is 18.6. The Morgan fingerprint density at radius 1 is 0.537 bits per heavy atom. The smallest absolute Gasteiger partial charge is 0.255 e. The van der Waals surface area contributed by atoms with E-state index in [4.69, 9.17) is 18.8 Å². The van der Waals surface area contributed by atoms with Crippen molar-refractivity contribution in [3.63, 3.8) is 0 Å². The largest absolute Gasteiger partial charge is 0.443 e. The Balaban J connectivity index is 0.000000194. The number of benzene rings is 2. The molecule has 4 fully saturated rings. The van der Waals surface area contributed by atoms with E-state index in [0.29, 0.717) is 69.1 Å². The molecule has 2 saturated carbocycles. The summed E-state index contributed by atoms with van der Waals surface area (Å²) in [5.41, 5.74) is 2.95. The molecular weight excluding hydrogens is 1060 g/mol. The van der Waals surface area contributed by atoms with E-state index in [9.17, 15) is 28.8 Å². The number of hydrogen-bond acceptors (Lipinski definition) is 16. The zero-order chi connectivity index (χ0) is 56.1. The summed E-state index contributed by atoms with van der Waals surface area (Å²) >= 11 is 2.57. The number of rotatable bonds is 18. The van der Waals surface area contributed by atoms with Crippen molar-refractivity contribution < 1.29 is 37.6 Å². The van der Waals surface area contributed by atoms with Gasteiger partial charge in [0.2, 0.25) is 35.4 Å². The number of nitrogens with zero attached hydrogens (tertiary/aromatic N) is 6. The molecule has 2 aliphatic heterocycles. The van der Waals surface area contributed by atoms with Gasteiger partial charge in [-0.1, -0.05) is 122 Å². The average Bonchev–Trinajstić information content (AvgIpc) is 4.41. The topological polar surface area (TPSA) is 259 Å². The number of carbonyl (C=O) groups is 6. The summed E-state index contributed by atoms with van der Waals surface area (Å²) in [6, 6.07) is 15.8. The van der Waals surface area contributed by atoms with Crippen LogP contribution in [0.2, 0.25) is 0 Å². The normalized spacial score (nSPS) is 19.2. The van der Waals surface area contributed by atoms with Gasteiger partial charge in [-0.2, -0.15) is 0 Å².